The van der Waals surface area contributed by atoms with Crippen LogP contribution in [0.25, 0.3) is 11.4 Å². The summed E-state index contributed by atoms with van der Waals surface area (Å²) in [6.45, 7) is 2.22. The van der Waals surface area contributed by atoms with E-state index in [1.54, 1.807) is 16.8 Å². The van der Waals surface area contributed by atoms with Gasteiger partial charge < -0.3 is 5.73 Å². The molecule has 0 spiro atoms. The van der Waals surface area contributed by atoms with Crippen molar-refractivity contribution in [3.8, 4) is 11.4 Å². The van der Waals surface area contributed by atoms with Crippen molar-refractivity contribution in [3.05, 3.63) is 24.0 Å². The third kappa shape index (κ3) is 2.18. The van der Waals surface area contributed by atoms with Gasteiger partial charge in [0.15, 0.2) is 5.82 Å². The Labute approximate surface area is 110 Å². The van der Waals surface area contributed by atoms with Crippen molar-refractivity contribution >= 4 is 5.69 Å². The minimum atomic E-state index is -0.387. The largest absolute Gasteiger partial charge is 0.399 e. The summed E-state index contributed by atoms with van der Waals surface area (Å²) in [6.07, 6.45) is 3.23. The van der Waals surface area contributed by atoms with Gasteiger partial charge in [-0.25, -0.2) is 9.07 Å². The van der Waals surface area contributed by atoms with Crippen LogP contribution in [0.5, 0.6) is 0 Å². The molecular weight excluding hydrogens is 245 g/mol. The van der Waals surface area contributed by atoms with E-state index in [1.807, 2.05) is 0 Å². The van der Waals surface area contributed by atoms with Crippen molar-refractivity contribution in [3.63, 3.8) is 0 Å². The minimum Gasteiger partial charge on any atom is -0.399 e. The predicted octanol–water partition coefficient (Wildman–Crippen LogP) is 2.42. The van der Waals surface area contributed by atoms with Gasteiger partial charge in [-0.2, -0.15) is 0 Å². The Balaban J connectivity index is 2.00. The highest BCUT2D eigenvalue weighted by atomic mass is 19.1. The molecule has 1 aromatic heterocycles. The normalized spacial score (nSPS) is 22.8. The Hall–Kier alpha value is -1.98. The van der Waals surface area contributed by atoms with Crippen molar-refractivity contribution in [1.29, 1.82) is 0 Å². The van der Waals surface area contributed by atoms with Gasteiger partial charge in [0.25, 0.3) is 0 Å². The van der Waals surface area contributed by atoms with E-state index < -0.39 is 0 Å². The van der Waals surface area contributed by atoms with Gasteiger partial charge in [-0.1, -0.05) is 6.92 Å². The molecule has 1 aliphatic rings. The van der Waals surface area contributed by atoms with Crippen molar-refractivity contribution in [1.82, 2.24) is 20.2 Å². The Bertz CT molecular complexity index is 594. The van der Waals surface area contributed by atoms with E-state index in [9.17, 15) is 4.39 Å². The van der Waals surface area contributed by atoms with Crippen LogP contribution in [-0.2, 0) is 0 Å². The molecule has 0 amide bonds. The fourth-order valence-electron chi connectivity index (χ4n) is 2.73. The van der Waals surface area contributed by atoms with Crippen LogP contribution in [0.1, 0.15) is 32.2 Å². The van der Waals surface area contributed by atoms with Crippen molar-refractivity contribution in [2.24, 2.45) is 5.92 Å². The number of tetrazole rings is 1. The van der Waals surface area contributed by atoms with E-state index in [0.717, 1.165) is 19.3 Å². The van der Waals surface area contributed by atoms with E-state index >= 15 is 0 Å². The number of nitrogens with zero attached hydrogens (tertiary/aromatic N) is 4. The molecule has 1 aromatic carbocycles. The smallest absolute Gasteiger partial charge is 0.185 e. The maximum absolute atomic E-state index is 14.0. The maximum atomic E-state index is 14.0. The van der Waals surface area contributed by atoms with Crippen LogP contribution in [0.15, 0.2) is 18.2 Å². The predicted molar refractivity (Wildman–Crippen MR) is 69.7 cm³/mol. The van der Waals surface area contributed by atoms with Gasteiger partial charge in [0.05, 0.1) is 11.6 Å². The van der Waals surface area contributed by atoms with Crippen LogP contribution in [0.4, 0.5) is 10.1 Å². The van der Waals surface area contributed by atoms with Crippen LogP contribution < -0.4 is 5.73 Å². The van der Waals surface area contributed by atoms with Crippen LogP contribution in [0.2, 0.25) is 0 Å². The average molecular weight is 261 g/mol. The first-order chi connectivity index (χ1) is 9.15. The molecule has 1 fully saturated rings. The second kappa shape index (κ2) is 4.60. The summed E-state index contributed by atoms with van der Waals surface area (Å²) in [5.41, 5.74) is 6.36. The fourth-order valence-corrected chi connectivity index (χ4v) is 2.73. The minimum absolute atomic E-state index is 0.261. The van der Waals surface area contributed by atoms with Gasteiger partial charge in [0.1, 0.15) is 5.82 Å². The van der Waals surface area contributed by atoms with Gasteiger partial charge in [0, 0.05) is 5.69 Å². The van der Waals surface area contributed by atoms with Gasteiger partial charge in [-0.15, -0.1) is 5.10 Å². The Morgan fingerprint density at radius 3 is 2.89 bits per heavy atom. The number of hydrogen-bond acceptors (Lipinski definition) is 4. The Morgan fingerprint density at radius 1 is 1.37 bits per heavy atom. The van der Waals surface area contributed by atoms with Crippen LogP contribution in [-0.4, -0.2) is 20.2 Å². The second-order valence-electron chi connectivity index (χ2n) is 5.26. The van der Waals surface area contributed by atoms with Gasteiger partial charge in [-0.05, 0) is 53.8 Å². The molecule has 1 aliphatic carbocycles. The van der Waals surface area contributed by atoms with Gasteiger partial charge in [0.2, 0.25) is 0 Å². The highest BCUT2D eigenvalue weighted by Gasteiger charge is 2.27. The number of anilines is 1. The molecule has 2 atom stereocenters. The molecule has 2 unspecified atom stereocenters. The molecule has 19 heavy (non-hydrogen) atoms. The van der Waals surface area contributed by atoms with Crippen molar-refractivity contribution < 1.29 is 4.39 Å². The van der Waals surface area contributed by atoms with E-state index in [0.29, 0.717) is 23.0 Å². The highest BCUT2D eigenvalue weighted by Crippen LogP contribution is 2.36. The van der Waals surface area contributed by atoms with Crippen molar-refractivity contribution in [2.45, 2.75) is 32.2 Å². The molecule has 5 nitrogen and oxygen atoms in total. The SMILES string of the molecule is CC1CCC(n2nnnc2-c2ccc(N)cc2F)C1. The number of hydrogen-bond donors (Lipinski definition) is 1. The van der Waals surface area contributed by atoms with E-state index in [2.05, 4.69) is 22.4 Å². The molecular formula is C13H16FN5. The van der Waals surface area contributed by atoms with Crippen LogP contribution >= 0.6 is 0 Å². The standard InChI is InChI=1S/C13H16FN5/c1-8-2-4-10(6-8)19-13(16-17-18-19)11-5-3-9(15)7-12(11)14/h3,5,7-8,10H,2,4,6,15H2,1H3. The average Bonchev–Trinajstić information content (AvgIpc) is 2.97. The van der Waals surface area contributed by atoms with E-state index in [-0.39, 0.29) is 11.9 Å². The summed E-state index contributed by atoms with van der Waals surface area (Å²) >= 11 is 0. The summed E-state index contributed by atoms with van der Waals surface area (Å²) < 4.78 is 15.7. The zero-order valence-corrected chi connectivity index (χ0v) is 10.8. The summed E-state index contributed by atoms with van der Waals surface area (Å²) in [4.78, 5) is 0. The Morgan fingerprint density at radius 2 is 2.21 bits per heavy atom. The van der Waals surface area contributed by atoms with Crippen LogP contribution in [0.3, 0.4) is 0 Å². The zero-order valence-electron chi connectivity index (χ0n) is 10.8. The van der Waals surface area contributed by atoms with E-state index in [1.165, 1.54) is 6.07 Å². The third-order valence-corrected chi connectivity index (χ3v) is 3.74. The molecule has 2 aromatic rings. The molecule has 3 rings (SSSR count). The molecule has 1 heterocycles. The monoisotopic (exact) mass is 261 g/mol. The maximum Gasteiger partial charge on any atom is 0.185 e. The Kier molecular flexibility index (Phi) is 2.93. The third-order valence-electron chi connectivity index (χ3n) is 3.74. The molecule has 0 saturated heterocycles. The molecule has 0 radical (unpaired) electrons. The molecule has 100 valence electrons. The first kappa shape index (κ1) is 12.1. The molecule has 1 saturated carbocycles. The highest BCUT2D eigenvalue weighted by molar-refractivity contribution is 5.59. The van der Waals surface area contributed by atoms with Crippen molar-refractivity contribution in [2.75, 3.05) is 5.73 Å². The quantitative estimate of drug-likeness (QED) is 0.843. The summed E-state index contributed by atoms with van der Waals surface area (Å²) in [5.74, 6) is 0.761. The molecule has 2 N–H and O–H groups in total. The lowest BCUT2D eigenvalue weighted by atomic mass is 10.1. The molecule has 6 heteroatoms. The fraction of sp³-hybridized carbons (Fsp3) is 0.462. The number of benzene rings is 1. The zero-order chi connectivity index (χ0) is 13.4. The van der Waals surface area contributed by atoms with Gasteiger partial charge in [-0.3, -0.25) is 0 Å². The lowest BCUT2D eigenvalue weighted by molar-refractivity contribution is 0.442. The van der Waals surface area contributed by atoms with E-state index in [4.69, 9.17) is 5.73 Å². The number of nitrogen functional groups attached to an aromatic ring is 1. The van der Waals surface area contributed by atoms with Gasteiger partial charge >= 0.3 is 0 Å². The summed E-state index contributed by atoms with van der Waals surface area (Å²) in [5, 5.41) is 11.7. The van der Waals surface area contributed by atoms with Crippen LogP contribution in [0, 0.1) is 11.7 Å². The summed E-state index contributed by atoms with van der Waals surface area (Å²) in [7, 11) is 0. The first-order valence-corrected chi connectivity index (χ1v) is 6.48. The lowest BCUT2D eigenvalue weighted by Crippen LogP contribution is -2.10. The second-order valence-corrected chi connectivity index (χ2v) is 5.26. The molecule has 0 bridgehead atoms. The number of halogens is 1. The number of rotatable bonds is 2. The topological polar surface area (TPSA) is 69.6 Å². The number of aromatic nitrogens is 4. The lowest BCUT2D eigenvalue weighted by Gasteiger charge is -2.12. The first-order valence-electron chi connectivity index (χ1n) is 6.48. The molecule has 0 aliphatic heterocycles. The number of nitrogens with two attached hydrogens (primary N) is 1. The summed E-state index contributed by atoms with van der Waals surface area (Å²) in [6, 6.07) is 4.85.